The van der Waals surface area contributed by atoms with Gasteiger partial charge in [0.2, 0.25) is 5.91 Å². The van der Waals surface area contributed by atoms with Crippen LogP contribution in [0.3, 0.4) is 0 Å². The molecule has 3 N–H and O–H groups in total. The van der Waals surface area contributed by atoms with Crippen LogP contribution in [-0.2, 0) is 11.3 Å². The third-order valence-corrected chi connectivity index (χ3v) is 4.38. The molecule has 1 fully saturated rings. The first-order valence-corrected chi connectivity index (χ1v) is 7.77. The second-order valence-corrected chi connectivity index (χ2v) is 5.99. The smallest absolute Gasteiger partial charge is 0.241 e. The maximum Gasteiger partial charge on any atom is 0.241 e. The summed E-state index contributed by atoms with van der Waals surface area (Å²) < 4.78 is 1.64. The summed E-state index contributed by atoms with van der Waals surface area (Å²) in [7, 11) is 0. The molecule has 1 aliphatic carbocycles. The van der Waals surface area contributed by atoms with Crippen molar-refractivity contribution in [3.63, 3.8) is 0 Å². The van der Waals surface area contributed by atoms with Gasteiger partial charge in [0.15, 0.2) is 0 Å². The standard InChI is InChI=1S/C15H26N4O2/c1-3-15(4-2,11-20)10-16-13-7-17-19(8-13)9-14(21)18-12-5-6-12/h7-8,12,16,20H,3-6,9-11H2,1-2H3,(H,18,21). The molecule has 0 saturated heterocycles. The zero-order valence-corrected chi connectivity index (χ0v) is 12.9. The third-order valence-electron chi connectivity index (χ3n) is 4.38. The number of anilines is 1. The number of nitrogens with zero attached hydrogens (tertiary/aromatic N) is 2. The fourth-order valence-electron chi connectivity index (χ4n) is 2.26. The third kappa shape index (κ3) is 4.46. The van der Waals surface area contributed by atoms with Gasteiger partial charge in [0.25, 0.3) is 0 Å². The summed E-state index contributed by atoms with van der Waals surface area (Å²) >= 11 is 0. The van der Waals surface area contributed by atoms with Crippen LogP contribution >= 0.6 is 0 Å². The fraction of sp³-hybridized carbons (Fsp3) is 0.733. The van der Waals surface area contributed by atoms with Crippen LogP contribution in [0.1, 0.15) is 39.5 Å². The predicted octanol–water partition coefficient (Wildman–Crippen LogP) is 1.37. The van der Waals surface area contributed by atoms with E-state index in [-0.39, 0.29) is 24.5 Å². The van der Waals surface area contributed by atoms with Crippen LogP contribution in [0.4, 0.5) is 5.69 Å². The van der Waals surface area contributed by atoms with E-state index < -0.39 is 0 Å². The van der Waals surface area contributed by atoms with Crippen molar-refractivity contribution in [2.24, 2.45) is 5.41 Å². The molecular weight excluding hydrogens is 268 g/mol. The molecule has 21 heavy (non-hydrogen) atoms. The number of aromatic nitrogens is 2. The maximum absolute atomic E-state index is 11.7. The van der Waals surface area contributed by atoms with Crippen LogP contribution in [0, 0.1) is 5.41 Å². The summed E-state index contributed by atoms with van der Waals surface area (Å²) in [4.78, 5) is 11.7. The lowest BCUT2D eigenvalue weighted by Crippen LogP contribution is -2.32. The molecule has 0 radical (unpaired) electrons. The molecule has 0 aromatic carbocycles. The molecule has 2 rings (SSSR count). The van der Waals surface area contributed by atoms with E-state index >= 15 is 0 Å². The summed E-state index contributed by atoms with van der Waals surface area (Å²) in [5, 5.41) is 20.0. The first-order chi connectivity index (χ1) is 10.1. The lowest BCUT2D eigenvalue weighted by atomic mass is 9.83. The van der Waals surface area contributed by atoms with Crippen LogP contribution in [0.5, 0.6) is 0 Å². The highest BCUT2D eigenvalue weighted by atomic mass is 16.3. The second-order valence-electron chi connectivity index (χ2n) is 5.99. The zero-order chi connectivity index (χ0) is 15.3. The van der Waals surface area contributed by atoms with E-state index in [0.717, 1.165) is 31.4 Å². The molecule has 0 unspecified atom stereocenters. The van der Waals surface area contributed by atoms with Gasteiger partial charge in [-0.05, 0) is 25.7 Å². The first kappa shape index (κ1) is 15.8. The van der Waals surface area contributed by atoms with Crippen molar-refractivity contribution in [1.82, 2.24) is 15.1 Å². The largest absolute Gasteiger partial charge is 0.396 e. The second kappa shape index (κ2) is 6.93. The minimum absolute atomic E-state index is 0.0129. The van der Waals surface area contributed by atoms with Crippen molar-refractivity contribution >= 4 is 11.6 Å². The molecule has 1 aliphatic rings. The van der Waals surface area contributed by atoms with E-state index in [2.05, 4.69) is 29.6 Å². The van der Waals surface area contributed by atoms with Gasteiger partial charge in [0.05, 0.1) is 18.5 Å². The average Bonchev–Trinajstić information content (AvgIpc) is 3.19. The van der Waals surface area contributed by atoms with E-state index in [1.807, 2.05) is 6.20 Å². The number of aliphatic hydroxyl groups is 1. The lowest BCUT2D eigenvalue weighted by molar-refractivity contribution is -0.122. The Kier molecular flexibility index (Phi) is 5.22. The monoisotopic (exact) mass is 294 g/mol. The number of nitrogens with one attached hydrogen (secondary N) is 2. The van der Waals surface area contributed by atoms with E-state index in [4.69, 9.17) is 0 Å². The van der Waals surface area contributed by atoms with Crippen LogP contribution in [-0.4, -0.2) is 40.0 Å². The van der Waals surface area contributed by atoms with Crippen LogP contribution < -0.4 is 10.6 Å². The van der Waals surface area contributed by atoms with Crippen LogP contribution in [0.25, 0.3) is 0 Å². The van der Waals surface area contributed by atoms with Crippen molar-refractivity contribution in [3.8, 4) is 0 Å². The minimum Gasteiger partial charge on any atom is -0.396 e. The average molecular weight is 294 g/mol. The first-order valence-electron chi connectivity index (χ1n) is 7.77. The molecule has 118 valence electrons. The summed E-state index contributed by atoms with van der Waals surface area (Å²) in [6.45, 7) is 5.31. The summed E-state index contributed by atoms with van der Waals surface area (Å²) in [6, 6.07) is 0.380. The number of carbonyl (C=O) groups is 1. The number of hydrogen-bond acceptors (Lipinski definition) is 4. The normalized spacial score (nSPS) is 15.0. The van der Waals surface area contributed by atoms with Gasteiger partial charge in [-0.1, -0.05) is 13.8 Å². The molecule has 6 heteroatoms. The van der Waals surface area contributed by atoms with Gasteiger partial charge in [-0.15, -0.1) is 0 Å². The molecular formula is C15H26N4O2. The molecule has 0 aliphatic heterocycles. The van der Waals surface area contributed by atoms with Crippen molar-refractivity contribution in [2.75, 3.05) is 18.5 Å². The van der Waals surface area contributed by atoms with E-state index in [1.165, 1.54) is 0 Å². The number of aliphatic hydroxyl groups excluding tert-OH is 1. The Hall–Kier alpha value is -1.56. The molecule has 1 aromatic rings. The molecule has 0 spiro atoms. The van der Waals surface area contributed by atoms with Crippen LogP contribution in [0.15, 0.2) is 12.4 Å². The topological polar surface area (TPSA) is 79.2 Å². The molecule has 6 nitrogen and oxygen atoms in total. The maximum atomic E-state index is 11.7. The Morgan fingerprint density at radius 3 is 2.76 bits per heavy atom. The number of hydrogen-bond donors (Lipinski definition) is 3. The fourth-order valence-corrected chi connectivity index (χ4v) is 2.26. The van der Waals surface area contributed by atoms with Crippen LogP contribution in [0.2, 0.25) is 0 Å². The highest BCUT2D eigenvalue weighted by molar-refractivity contribution is 5.76. The Balaban J connectivity index is 1.83. The Bertz CT molecular complexity index is 456. The summed E-state index contributed by atoms with van der Waals surface area (Å²) in [5.41, 5.74) is 0.791. The van der Waals surface area contributed by atoms with Gasteiger partial charge in [-0.2, -0.15) is 5.10 Å². The molecule has 1 amide bonds. The van der Waals surface area contributed by atoms with Gasteiger partial charge in [0, 0.05) is 24.2 Å². The van der Waals surface area contributed by atoms with E-state index in [9.17, 15) is 9.90 Å². The number of carbonyl (C=O) groups excluding carboxylic acids is 1. The number of amides is 1. The number of rotatable bonds is 9. The highest BCUT2D eigenvalue weighted by Crippen LogP contribution is 2.26. The van der Waals surface area contributed by atoms with Gasteiger partial charge in [-0.25, -0.2) is 0 Å². The molecule has 0 atom stereocenters. The zero-order valence-electron chi connectivity index (χ0n) is 12.9. The Morgan fingerprint density at radius 2 is 2.19 bits per heavy atom. The Morgan fingerprint density at radius 1 is 1.48 bits per heavy atom. The SMILES string of the molecule is CCC(CC)(CO)CNc1cnn(CC(=O)NC2CC2)c1. The van der Waals surface area contributed by atoms with Gasteiger partial charge in [0.1, 0.15) is 6.54 Å². The summed E-state index contributed by atoms with van der Waals surface area (Å²) in [5.74, 6) is 0.0129. The molecule has 0 bridgehead atoms. The van der Waals surface area contributed by atoms with Gasteiger partial charge < -0.3 is 15.7 Å². The quantitative estimate of drug-likeness (QED) is 0.643. The van der Waals surface area contributed by atoms with Crippen molar-refractivity contribution in [3.05, 3.63) is 12.4 Å². The van der Waals surface area contributed by atoms with Gasteiger partial charge in [-0.3, -0.25) is 9.48 Å². The summed E-state index contributed by atoms with van der Waals surface area (Å²) in [6.07, 6.45) is 7.58. The molecule has 1 saturated carbocycles. The van der Waals surface area contributed by atoms with Crippen molar-refractivity contribution in [2.45, 2.75) is 52.1 Å². The van der Waals surface area contributed by atoms with Crippen molar-refractivity contribution in [1.29, 1.82) is 0 Å². The Labute approximate surface area is 125 Å². The van der Waals surface area contributed by atoms with E-state index in [0.29, 0.717) is 12.6 Å². The molecule has 1 aromatic heterocycles. The molecule has 1 heterocycles. The van der Waals surface area contributed by atoms with Gasteiger partial charge >= 0.3 is 0 Å². The predicted molar refractivity (Wildman–Crippen MR) is 82.0 cm³/mol. The minimum atomic E-state index is -0.0918. The van der Waals surface area contributed by atoms with Crippen molar-refractivity contribution < 1.29 is 9.90 Å². The highest BCUT2D eigenvalue weighted by Gasteiger charge is 2.25. The lowest BCUT2D eigenvalue weighted by Gasteiger charge is -2.29. The van der Waals surface area contributed by atoms with E-state index in [1.54, 1.807) is 10.9 Å².